The van der Waals surface area contributed by atoms with E-state index in [4.69, 9.17) is 19.4 Å². The topological polar surface area (TPSA) is 44.2 Å². The minimum absolute atomic E-state index is 0.844. The number of hydrogen-bond acceptors (Lipinski definition) is 4. The lowest BCUT2D eigenvalue weighted by atomic mass is 9.85. The highest BCUT2D eigenvalue weighted by Gasteiger charge is 2.19. The lowest BCUT2D eigenvalue weighted by molar-refractivity contribution is 0.415. The Morgan fingerprint density at radius 2 is 0.468 bits per heavy atom. The molecule has 0 fully saturated rings. The Morgan fingerprint density at radius 3 is 0.694 bits per heavy atom. The van der Waals surface area contributed by atoms with Crippen molar-refractivity contribution in [2.45, 2.75) is 0 Å². The van der Waals surface area contributed by atoms with Crippen LogP contribution in [0.3, 0.4) is 0 Å². The number of aromatic nitrogens is 2. The van der Waals surface area contributed by atoms with Gasteiger partial charge in [-0.05, 0) is 112 Å². The number of hydrogen-bond donors (Lipinski definition) is 0. The minimum Gasteiger partial charge on any atom is -0.497 e. The molecule has 0 N–H and O–H groups in total. The summed E-state index contributed by atoms with van der Waals surface area (Å²) in [5.74, 6) is 1.69. The van der Waals surface area contributed by atoms with Gasteiger partial charge < -0.3 is 9.47 Å². The molecular formula is C58H40N2O2. The standard InChI is InChI=1S/C58H40N2O2/c1-61-43-31-27-39(28-32-43)55-49-15-7-3-11-45(49)53(46-12-4-8-16-50(46)55)37-19-23-41(24-20-37)57-58(60-36-35-59-57)42-25-21-38(22-26-42)54-47-13-5-9-17-51(47)56(52-18-10-6-14-48(52)54)40-29-33-44(62-2)34-30-40/h3-36H,1-2H3. The molecule has 0 atom stereocenters. The van der Waals surface area contributed by atoms with Crippen molar-refractivity contribution in [3.8, 4) is 78.5 Å². The average Bonchev–Trinajstić information content (AvgIpc) is 3.35. The molecule has 0 amide bonds. The number of ether oxygens (including phenoxy) is 2. The van der Waals surface area contributed by atoms with Gasteiger partial charge in [0.1, 0.15) is 11.5 Å². The van der Waals surface area contributed by atoms with Crippen molar-refractivity contribution >= 4 is 43.1 Å². The molecule has 1 heterocycles. The quantitative estimate of drug-likeness (QED) is 0.144. The molecule has 10 aromatic carbocycles. The Balaban J connectivity index is 0.982. The second-order valence-corrected chi connectivity index (χ2v) is 15.5. The van der Waals surface area contributed by atoms with Crippen LogP contribution in [0, 0.1) is 0 Å². The minimum atomic E-state index is 0.844. The monoisotopic (exact) mass is 796 g/mol. The molecule has 0 radical (unpaired) electrons. The van der Waals surface area contributed by atoms with Crippen LogP contribution >= 0.6 is 0 Å². The smallest absolute Gasteiger partial charge is 0.118 e. The maximum absolute atomic E-state index is 5.49. The summed E-state index contributed by atoms with van der Waals surface area (Å²) >= 11 is 0. The van der Waals surface area contributed by atoms with Gasteiger partial charge in [0.25, 0.3) is 0 Å². The normalized spacial score (nSPS) is 11.4. The van der Waals surface area contributed by atoms with Crippen LogP contribution in [0.4, 0.5) is 0 Å². The Labute approximate surface area is 360 Å². The molecule has 294 valence electrons. The summed E-state index contributed by atoms with van der Waals surface area (Å²) in [7, 11) is 3.41. The third-order valence-electron chi connectivity index (χ3n) is 12.2. The van der Waals surface area contributed by atoms with Gasteiger partial charge in [-0.15, -0.1) is 0 Å². The van der Waals surface area contributed by atoms with Crippen LogP contribution in [-0.4, -0.2) is 24.2 Å². The fraction of sp³-hybridized carbons (Fsp3) is 0.0345. The first-order valence-electron chi connectivity index (χ1n) is 20.9. The van der Waals surface area contributed by atoms with Gasteiger partial charge in [-0.1, -0.05) is 170 Å². The van der Waals surface area contributed by atoms with Crippen molar-refractivity contribution in [1.29, 1.82) is 0 Å². The first-order valence-corrected chi connectivity index (χ1v) is 20.9. The van der Waals surface area contributed by atoms with Crippen LogP contribution in [0.15, 0.2) is 207 Å². The number of nitrogens with zero attached hydrogens (tertiary/aromatic N) is 2. The van der Waals surface area contributed by atoms with E-state index < -0.39 is 0 Å². The maximum Gasteiger partial charge on any atom is 0.118 e. The van der Waals surface area contributed by atoms with Crippen molar-refractivity contribution < 1.29 is 9.47 Å². The first kappa shape index (κ1) is 37.0. The van der Waals surface area contributed by atoms with Crippen molar-refractivity contribution in [2.24, 2.45) is 0 Å². The molecule has 0 saturated carbocycles. The molecule has 0 spiro atoms. The molecule has 0 unspecified atom stereocenters. The molecular weight excluding hydrogens is 757 g/mol. The number of fused-ring (bicyclic) bond motifs is 4. The summed E-state index contributed by atoms with van der Waals surface area (Å²) in [6.45, 7) is 0. The molecule has 0 saturated heterocycles. The molecule has 62 heavy (non-hydrogen) atoms. The third-order valence-corrected chi connectivity index (χ3v) is 12.2. The van der Waals surface area contributed by atoms with Crippen molar-refractivity contribution in [3.63, 3.8) is 0 Å². The van der Waals surface area contributed by atoms with E-state index in [1.54, 1.807) is 26.6 Å². The van der Waals surface area contributed by atoms with Crippen LogP contribution in [0.5, 0.6) is 11.5 Å². The largest absolute Gasteiger partial charge is 0.497 e. The Hall–Kier alpha value is -8.08. The van der Waals surface area contributed by atoms with Gasteiger partial charge in [-0.2, -0.15) is 0 Å². The summed E-state index contributed by atoms with van der Waals surface area (Å²) in [6, 6.07) is 69.3. The highest BCUT2D eigenvalue weighted by atomic mass is 16.5. The molecule has 11 aromatic rings. The van der Waals surface area contributed by atoms with Crippen LogP contribution < -0.4 is 9.47 Å². The van der Waals surface area contributed by atoms with Gasteiger partial charge in [-0.25, -0.2) is 0 Å². The lowest BCUT2D eigenvalue weighted by Crippen LogP contribution is -1.94. The zero-order chi connectivity index (χ0) is 41.6. The predicted octanol–water partition coefficient (Wildman–Crippen LogP) is 15.1. The van der Waals surface area contributed by atoms with Gasteiger partial charge in [-0.3, -0.25) is 9.97 Å². The molecule has 11 rings (SSSR count). The molecule has 0 aliphatic carbocycles. The van der Waals surface area contributed by atoms with Crippen LogP contribution in [0.2, 0.25) is 0 Å². The van der Waals surface area contributed by atoms with Gasteiger partial charge in [0.15, 0.2) is 0 Å². The number of methoxy groups -OCH3 is 2. The van der Waals surface area contributed by atoms with E-state index in [1.165, 1.54) is 65.3 Å². The SMILES string of the molecule is COc1ccc(-c2c3ccccc3c(-c3ccc(-c4nccnc4-c4ccc(-c5c6ccccc6c(-c6ccc(OC)cc6)c6ccccc56)cc4)cc3)c3ccccc23)cc1. The van der Waals surface area contributed by atoms with Gasteiger partial charge in [0, 0.05) is 23.5 Å². The predicted molar refractivity (Wildman–Crippen MR) is 258 cm³/mol. The molecule has 4 heteroatoms. The van der Waals surface area contributed by atoms with E-state index in [2.05, 4.69) is 170 Å². The molecule has 4 nitrogen and oxygen atoms in total. The lowest BCUT2D eigenvalue weighted by Gasteiger charge is -2.18. The molecule has 0 aliphatic heterocycles. The van der Waals surface area contributed by atoms with E-state index in [0.29, 0.717) is 0 Å². The second kappa shape index (κ2) is 15.5. The molecule has 1 aromatic heterocycles. The number of rotatable bonds is 8. The Bertz CT molecular complexity index is 3100. The van der Waals surface area contributed by atoms with E-state index in [-0.39, 0.29) is 0 Å². The van der Waals surface area contributed by atoms with Crippen LogP contribution in [0.25, 0.3) is 110 Å². The van der Waals surface area contributed by atoms with Crippen molar-refractivity contribution in [3.05, 3.63) is 207 Å². The van der Waals surface area contributed by atoms with Gasteiger partial charge in [0.05, 0.1) is 25.6 Å². The Kier molecular flexibility index (Phi) is 9.24. The van der Waals surface area contributed by atoms with E-state index in [9.17, 15) is 0 Å². The maximum atomic E-state index is 5.49. The highest BCUT2D eigenvalue weighted by Crippen LogP contribution is 2.46. The average molecular weight is 797 g/mol. The van der Waals surface area contributed by atoms with Crippen LogP contribution in [0.1, 0.15) is 0 Å². The van der Waals surface area contributed by atoms with Gasteiger partial charge in [0.2, 0.25) is 0 Å². The van der Waals surface area contributed by atoms with Crippen molar-refractivity contribution in [1.82, 2.24) is 9.97 Å². The zero-order valence-corrected chi connectivity index (χ0v) is 34.3. The highest BCUT2D eigenvalue weighted by molar-refractivity contribution is 6.22. The Morgan fingerprint density at radius 1 is 0.258 bits per heavy atom. The summed E-state index contributed by atoms with van der Waals surface area (Å²) in [5.41, 5.74) is 13.2. The summed E-state index contributed by atoms with van der Waals surface area (Å²) in [6.07, 6.45) is 3.56. The van der Waals surface area contributed by atoms with Crippen molar-refractivity contribution in [2.75, 3.05) is 14.2 Å². The van der Waals surface area contributed by atoms with Gasteiger partial charge >= 0.3 is 0 Å². The molecule has 0 bridgehead atoms. The number of benzene rings is 10. The molecule has 0 aliphatic rings. The second-order valence-electron chi connectivity index (χ2n) is 15.5. The van der Waals surface area contributed by atoms with Crippen LogP contribution in [-0.2, 0) is 0 Å². The van der Waals surface area contributed by atoms with E-state index in [0.717, 1.165) is 56.3 Å². The summed E-state index contributed by atoms with van der Waals surface area (Å²) in [5, 5.41) is 9.69. The first-order chi connectivity index (χ1) is 30.7. The summed E-state index contributed by atoms with van der Waals surface area (Å²) in [4.78, 5) is 9.84. The summed E-state index contributed by atoms with van der Waals surface area (Å²) < 4.78 is 11.0. The fourth-order valence-corrected chi connectivity index (χ4v) is 9.37. The van der Waals surface area contributed by atoms with E-state index >= 15 is 0 Å². The third kappa shape index (κ3) is 6.24. The zero-order valence-electron chi connectivity index (χ0n) is 34.3. The fourth-order valence-electron chi connectivity index (χ4n) is 9.37. The van der Waals surface area contributed by atoms with E-state index in [1.807, 2.05) is 24.3 Å².